The Kier molecular flexibility index (Phi) is 8.93. The van der Waals surface area contributed by atoms with Crippen LogP contribution in [0.2, 0.25) is 0 Å². The van der Waals surface area contributed by atoms with Gasteiger partial charge >= 0.3 is 0 Å². The number of aryl methyl sites for hydroxylation is 1. The molecule has 3 aromatic rings. The van der Waals surface area contributed by atoms with Gasteiger partial charge in [-0.1, -0.05) is 0 Å². The molecule has 0 aliphatic carbocycles. The van der Waals surface area contributed by atoms with Crippen LogP contribution >= 0.6 is 0 Å². The zero-order valence-electron chi connectivity index (χ0n) is 25.2. The van der Waals surface area contributed by atoms with E-state index in [4.69, 9.17) is 4.74 Å². The van der Waals surface area contributed by atoms with Crippen LogP contribution in [0, 0.1) is 11.6 Å². The molecule has 14 heteroatoms. The summed E-state index contributed by atoms with van der Waals surface area (Å²) in [5, 5.41) is 2.42. The molecule has 2 saturated heterocycles. The summed E-state index contributed by atoms with van der Waals surface area (Å²) >= 11 is 0. The SMILES string of the molecule is CC1CN(c2cc(F)c(-c3cnc(N4C[C@@H](C)O[C@H](C)C4)nc3)c(F)c2NC(=O)c2cn(C)c(=O)cc2C(F)F)CCN1C. The van der Waals surface area contributed by atoms with Crippen LogP contribution in [-0.4, -0.2) is 83.4 Å². The number of morpholine rings is 1. The number of benzene rings is 1. The molecule has 1 amide bonds. The summed E-state index contributed by atoms with van der Waals surface area (Å²) in [6, 6.07) is 1.82. The lowest BCUT2D eigenvalue weighted by Gasteiger charge is -2.39. The first-order chi connectivity index (χ1) is 20.8. The molecule has 5 rings (SSSR count). The van der Waals surface area contributed by atoms with Gasteiger partial charge in [-0.25, -0.2) is 27.5 Å². The lowest BCUT2D eigenvalue weighted by Crippen LogP contribution is -2.50. The highest BCUT2D eigenvalue weighted by Gasteiger charge is 2.30. The molecule has 2 aliphatic rings. The van der Waals surface area contributed by atoms with Crippen molar-refractivity contribution in [1.82, 2.24) is 19.4 Å². The van der Waals surface area contributed by atoms with E-state index >= 15 is 8.78 Å². The van der Waals surface area contributed by atoms with Gasteiger partial charge in [0.25, 0.3) is 17.9 Å². The molecule has 0 radical (unpaired) electrons. The van der Waals surface area contributed by atoms with Gasteiger partial charge in [-0.05, 0) is 27.8 Å². The van der Waals surface area contributed by atoms with Gasteiger partial charge in [0.1, 0.15) is 11.5 Å². The number of carbonyl (C=O) groups is 1. The van der Waals surface area contributed by atoms with E-state index < -0.39 is 46.2 Å². The predicted molar refractivity (Wildman–Crippen MR) is 159 cm³/mol. The van der Waals surface area contributed by atoms with Crippen molar-refractivity contribution in [2.45, 2.75) is 45.4 Å². The van der Waals surface area contributed by atoms with Gasteiger partial charge in [-0.2, -0.15) is 0 Å². The van der Waals surface area contributed by atoms with Gasteiger partial charge in [0.15, 0.2) is 5.82 Å². The van der Waals surface area contributed by atoms with Crippen LogP contribution in [0.1, 0.15) is 43.1 Å². The molecule has 1 aromatic carbocycles. The van der Waals surface area contributed by atoms with Crippen LogP contribution in [0.4, 0.5) is 34.9 Å². The predicted octanol–water partition coefficient (Wildman–Crippen LogP) is 4.06. The van der Waals surface area contributed by atoms with Gasteiger partial charge < -0.3 is 29.3 Å². The standard InChI is InChI=1S/C30H35F4N7O3/c1-16-12-40(7-6-38(16)4)23-9-22(31)25(19-10-35-30(36-11-19)41-13-17(2)44-18(3)14-41)26(32)27(23)37-29(43)21-15-39(5)24(42)8-20(21)28(33)34/h8-11,15-18,28H,6-7,12-14H2,1-5H3,(H,37,43)/t16?,17-,18-/m1/s1. The first-order valence-electron chi connectivity index (χ1n) is 14.3. The maximum atomic E-state index is 16.5. The summed E-state index contributed by atoms with van der Waals surface area (Å²) in [5.74, 6) is -2.70. The number of hydrogen-bond donors (Lipinski definition) is 1. The quantitative estimate of drug-likeness (QED) is 0.414. The van der Waals surface area contributed by atoms with E-state index in [-0.39, 0.29) is 35.2 Å². The molecule has 4 heterocycles. The highest BCUT2D eigenvalue weighted by molar-refractivity contribution is 6.07. The molecule has 0 bridgehead atoms. The molecule has 3 atom stereocenters. The van der Waals surface area contributed by atoms with Crippen LogP contribution in [0.3, 0.4) is 0 Å². The van der Waals surface area contributed by atoms with E-state index in [1.54, 1.807) is 4.90 Å². The van der Waals surface area contributed by atoms with E-state index in [0.717, 1.165) is 16.8 Å². The molecule has 236 valence electrons. The molecule has 2 aromatic heterocycles. The zero-order valence-corrected chi connectivity index (χ0v) is 25.2. The van der Waals surface area contributed by atoms with Crippen molar-refractivity contribution in [1.29, 1.82) is 0 Å². The second-order valence-corrected chi connectivity index (χ2v) is 11.5. The van der Waals surface area contributed by atoms with Crippen LogP contribution in [-0.2, 0) is 11.8 Å². The van der Waals surface area contributed by atoms with Crippen molar-refractivity contribution in [2.24, 2.45) is 7.05 Å². The van der Waals surface area contributed by atoms with Crippen molar-refractivity contribution < 1.29 is 27.1 Å². The van der Waals surface area contributed by atoms with E-state index in [9.17, 15) is 18.4 Å². The number of likely N-dealkylation sites (N-methyl/N-ethyl adjacent to an activating group) is 1. The minimum atomic E-state index is -3.13. The number of alkyl halides is 2. The number of pyridine rings is 1. The van der Waals surface area contributed by atoms with Gasteiger partial charge in [-0.15, -0.1) is 0 Å². The number of anilines is 3. The Bertz CT molecular complexity index is 1590. The Morgan fingerprint density at radius 3 is 2.27 bits per heavy atom. The van der Waals surface area contributed by atoms with E-state index in [1.165, 1.54) is 19.4 Å². The fourth-order valence-corrected chi connectivity index (χ4v) is 5.66. The first-order valence-corrected chi connectivity index (χ1v) is 14.3. The van der Waals surface area contributed by atoms with Crippen LogP contribution in [0.15, 0.2) is 35.5 Å². The third-order valence-corrected chi connectivity index (χ3v) is 8.11. The summed E-state index contributed by atoms with van der Waals surface area (Å²) in [6.45, 7) is 8.30. The molecule has 10 nitrogen and oxygen atoms in total. The number of nitrogens with one attached hydrogen (secondary N) is 1. The fourth-order valence-electron chi connectivity index (χ4n) is 5.66. The van der Waals surface area contributed by atoms with Crippen molar-refractivity contribution in [3.63, 3.8) is 0 Å². The molecule has 1 N–H and O–H groups in total. The summed E-state index contributed by atoms with van der Waals surface area (Å²) < 4.78 is 66.6. The summed E-state index contributed by atoms with van der Waals surface area (Å²) in [7, 11) is 3.24. The molecule has 44 heavy (non-hydrogen) atoms. The topological polar surface area (TPSA) is 95.8 Å². The average Bonchev–Trinajstić information content (AvgIpc) is 2.96. The summed E-state index contributed by atoms with van der Waals surface area (Å²) in [6.07, 6.45) is 0.346. The van der Waals surface area contributed by atoms with Crippen molar-refractivity contribution in [3.05, 3.63) is 63.8 Å². The van der Waals surface area contributed by atoms with Gasteiger partial charge in [-0.3, -0.25) is 9.59 Å². The number of rotatable bonds is 6. The number of aromatic nitrogens is 3. The highest BCUT2D eigenvalue weighted by atomic mass is 19.3. The first kappa shape index (κ1) is 31.4. The van der Waals surface area contributed by atoms with Gasteiger partial charge in [0, 0.05) is 87.7 Å². The number of nitrogens with zero attached hydrogens (tertiary/aromatic N) is 6. The number of carbonyl (C=O) groups excluding carboxylic acids is 1. The normalized spacial score (nSPS) is 21.2. The van der Waals surface area contributed by atoms with Crippen LogP contribution in [0.5, 0.6) is 0 Å². The Balaban J connectivity index is 1.57. The minimum Gasteiger partial charge on any atom is -0.372 e. The second kappa shape index (κ2) is 12.5. The smallest absolute Gasteiger partial charge is 0.264 e. The van der Waals surface area contributed by atoms with Crippen molar-refractivity contribution >= 4 is 23.2 Å². The second-order valence-electron chi connectivity index (χ2n) is 11.5. The number of amides is 1. The Morgan fingerprint density at radius 1 is 1.00 bits per heavy atom. The third-order valence-electron chi connectivity index (χ3n) is 8.11. The lowest BCUT2D eigenvalue weighted by molar-refractivity contribution is -0.00572. The number of piperazine rings is 1. The summed E-state index contributed by atoms with van der Waals surface area (Å²) in [5.41, 5.74) is -2.79. The largest absolute Gasteiger partial charge is 0.372 e. The van der Waals surface area contributed by atoms with E-state index in [0.29, 0.717) is 44.7 Å². The number of halogens is 4. The Morgan fingerprint density at radius 2 is 1.66 bits per heavy atom. The average molecular weight is 618 g/mol. The molecule has 2 fully saturated rings. The van der Waals surface area contributed by atoms with Gasteiger partial charge in [0.2, 0.25) is 5.95 Å². The maximum Gasteiger partial charge on any atom is 0.264 e. The third kappa shape index (κ3) is 6.27. The van der Waals surface area contributed by atoms with Gasteiger partial charge in [0.05, 0.1) is 29.0 Å². The van der Waals surface area contributed by atoms with E-state index in [2.05, 4.69) is 20.2 Å². The lowest BCUT2D eigenvalue weighted by atomic mass is 10.0. The van der Waals surface area contributed by atoms with Crippen LogP contribution < -0.4 is 20.7 Å². The summed E-state index contributed by atoms with van der Waals surface area (Å²) in [4.78, 5) is 39.9. The fraction of sp³-hybridized carbons (Fsp3) is 0.467. The molecule has 0 spiro atoms. The number of hydrogen-bond acceptors (Lipinski definition) is 8. The molecule has 1 unspecified atom stereocenters. The Hall–Kier alpha value is -4.04. The zero-order chi connectivity index (χ0) is 31.9. The molecule has 2 aliphatic heterocycles. The maximum absolute atomic E-state index is 16.5. The van der Waals surface area contributed by atoms with E-state index in [1.807, 2.05) is 32.7 Å². The van der Waals surface area contributed by atoms with Crippen molar-refractivity contribution in [2.75, 3.05) is 54.9 Å². The molecule has 0 saturated carbocycles. The molecular formula is C30H35F4N7O3. The minimum absolute atomic E-state index is 0.0266. The highest BCUT2D eigenvalue weighted by Crippen LogP contribution is 2.39. The molecular weight excluding hydrogens is 582 g/mol. The number of ether oxygens (including phenoxy) is 1. The Labute approximate surface area is 252 Å². The van der Waals surface area contributed by atoms with Crippen LogP contribution in [0.25, 0.3) is 11.1 Å². The van der Waals surface area contributed by atoms with Crippen molar-refractivity contribution in [3.8, 4) is 11.1 Å². The monoisotopic (exact) mass is 617 g/mol.